The SMILES string of the molecule is C=CC.CC1CCC(Nc2ncnc3[nH]cc(C4CC4(F)F)c23)CN1C=O. The Kier molecular flexibility index (Phi) is 5.43. The molecule has 2 fully saturated rings. The van der Waals surface area contributed by atoms with Gasteiger partial charge in [0.2, 0.25) is 6.41 Å². The van der Waals surface area contributed by atoms with Crippen molar-refractivity contribution in [3.05, 3.63) is 30.7 Å². The first kappa shape index (κ1) is 19.3. The Bertz CT molecular complexity index is 822. The molecule has 2 aromatic heterocycles. The van der Waals surface area contributed by atoms with Gasteiger partial charge in [-0.2, -0.15) is 0 Å². The number of fused-ring (bicyclic) bond motifs is 1. The number of aromatic amines is 1. The van der Waals surface area contributed by atoms with Gasteiger partial charge in [0, 0.05) is 31.2 Å². The lowest BCUT2D eigenvalue weighted by atomic mass is 10.00. The summed E-state index contributed by atoms with van der Waals surface area (Å²) in [6.07, 6.45) is 7.30. The van der Waals surface area contributed by atoms with E-state index in [4.69, 9.17) is 0 Å². The predicted molar refractivity (Wildman–Crippen MR) is 101 cm³/mol. The minimum atomic E-state index is -2.64. The van der Waals surface area contributed by atoms with Crippen LogP contribution in [0.5, 0.6) is 0 Å². The van der Waals surface area contributed by atoms with Crippen molar-refractivity contribution < 1.29 is 13.6 Å². The van der Waals surface area contributed by atoms with E-state index in [9.17, 15) is 13.6 Å². The summed E-state index contributed by atoms with van der Waals surface area (Å²) in [5.41, 5.74) is 1.12. The highest BCUT2D eigenvalue weighted by molar-refractivity contribution is 5.91. The standard InChI is InChI=1S/C16H19F2N5O.C3H6/c1-9-2-3-10(6-23(9)8-24)22-15-13-11(12-4-16(12,17)18)5-19-14(13)20-7-21-15;1-3-2/h5,7-10,12H,2-4,6H2,1H3,(H2,19,20,21,22);3H,1H2,2H3. The molecule has 2 aromatic rings. The molecular weight excluding hydrogens is 352 g/mol. The summed E-state index contributed by atoms with van der Waals surface area (Å²) >= 11 is 0. The van der Waals surface area contributed by atoms with Crippen molar-refractivity contribution in [1.82, 2.24) is 19.9 Å². The maximum Gasteiger partial charge on any atom is 0.256 e. The van der Waals surface area contributed by atoms with Crippen molar-refractivity contribution in [3.63, 3.8) is 0 Å². The molecule has 0 bridgehead atoms. The third-order valence-electron chi connectivity index (χ3n) is 5.11. The number of carbonyl (C=O) groups excluding carboxylic acids is 1. The molecule has 0 radical (unpaired) electrons. The van der Waals surface area contributed by atoms with Gasteiger partial charge in [0.25, 0.3) is 5.92 Å². The van der Waals surface area contributed by atoms with E-state index in [1.165, 1.54) is 6.33 Å². The van der Waals surface area contributed by atoms with Crippen LogP contribution in [0, 0.1) is 0 Å². The Labute approximate surface area is 157 Å². The second-order valence-corrected chi connectivity index (χ2v) is 7.19. The number of anilines is 1. The second kappa shape index (κ2) is 7.62. The Morgan fingerprint density at radius 3 is 2.74 bits per heavy atom. The molecule has 6 nitrogen and oxygen atoms in total. The molecule has 0 aromatic carbocycles. The number of halogens is 2. The Morgan fingerprint density at radius 2 is 2.11 bits per heavy atom. The minimum Gasteiger partial charge on any atom is -0.365 e. The number of H-pyrrole nitrogens is 1. The number of rotatable bonds is 4. The van der Waals surface area contributed by atoms with E-state index in [2.05, 4.69) is 26.8 Å². The van der Waals surface area contributed by atoms with Crippen LogP contribution in [0.3, 0.4) is 0 Å². The zero-order valence-corrected chi connectivity index (χ0v) is 15.6. The quantitative estimate of drug-likeness (QED) is 0.629. The Morgan fingerprint density at radius 1 is 1.41 bits per heavy atom. The van der Waals surface area contributed by atoms with E-state index in [1.807, 2.05) is 13.8 Å². The fraction of sp³-hybridized carbons (Fsp3) is 0.526. The molecule has 1 saturated carbocycles. The van der Waals surface area contributed by atoms with E-state index in [-0.39, 0.29) is 18.5 Å². The Balaban J connectivity index is 0.000000659. The summed E-state index contributed by atoms with van der Waals surface area (Å²) in [4.78, 5) is 24.3. The molecule has 0 spiro atoms. The zero-order chi connectivity index (χ0) is 19.6. The van der Waals surface area contributed by atoms with Crippen LogP contribution in [-0.4, -0.2) is 50.8 Å². The number of amides is 1. The third-order valence-corrected chi connectivity index (χ3v) is 5.11. The normalized spacial score (nSPS) is 26.1. The molecule has 1 amide bonds. The summed E-state index contributed by atoms with van der Waals surface area (Å²) < 4.78 is 27.0. The monoisotopic (exact) mass is 377 g/mol. The van der Waals surface area contributed by atoms with E-state index in [1.54, 1.807) is 17.2 Å². The molecule has 3 heterocycles. The highest BCUT2D eigenvalue weighted by Crippen LogP contribution is 2.57. The molecule has 1 saturated heterocycles. The van der Waals surface area contributed by atoms with Gasteiger partial charge in [-0.05, 0) is 32.3 Å². The lowest BCUT2D eigenvalue weighted by Gasteiger charge is -2.36. The Hall–Kier alpha value is -2.51. The van der Waals surface area contributed by atoms with Crippen LogP contribution in [0.25, 0.3) is 11.0 Å². The summed E-state index contributed by atoms with van der Waals surface area (Å²) in [7, 11) is 0. The van der Waals surface area contributed by atoms with Crippen molar-refractivity contribution >= 4 is 23.3 Å². The molecule has 1 aliphatic heterocycles. The molecule has 4 rings (SSSR count). The van der Waals surface area contributed by atoms with Crippen LogP contribution in [-0.2, 0) is 4.79 Å². The fourth-order valence-electron chi connectivity index (χ4n) is 3.51. The summed E-state index contributed by atoms with van der Waals surface area (Å²) in [5, 5.41) is 3.96. The van der Waals surface area contributed by atoms with Gasteiger partial charge in [0.15, 0.2) is 0 Å². The number of allylic oxidation sites excluding steroid dienone is 1. The number of aromatic nitrogens is 3. The molecule has 2 N–H and O–H groups in total. The van der Waals surface area contributed by atoms with E-state index in [0.717, 1.165) is 19.3 Å². The minimum absolute atomic E-state index is 0.0481. The smallest absolute Gasteiger partial charge is 0.256 e. The summed E-state index contributed by atoms with van der Waals surface area (Å²) in [6, 6.07) is 0.269. The van der Waals surface area contributed by atoms with Crippen LogP contribution in [0.15, 0.2) is 25.2 Å². The number of hydrogen-bond donors (Lipinski definition) is 2. The number of alkyl halides is 2. The van der Waals surface area contributed by atoms with Crippen LogP contribution < -0.4 is 5.32 Å². The molecular formula is C19H25F2N5O. The highest BCUT2D eigenvalue weighted by atomic mass is 19.3. The maximum absolute atomic E-state index is 13.5. The van der Waals surface area contributed by atoms with Gasteiger partial charge < -0.3 is 15.2 Å². The zero-order valence-electron chi connectivity index (χ0n) is 15.6. The van der Waals surface area contributed by atoms with E-state index >= 15 is 0 Å². The van der Waals surface area contributed by atoms with E-state index < -0.39 is 11.8 Å². The van der Waals surface area contributed by atoms with Crippen LogP contribution in [0.4, 0.5) is 14.6 Å². The number of hydrogen-bond acceptors (Lipinski definition) is 4. The topological polar surface area (TPSA) is 73.9 Å². The first-order valence-electron chi connectivity index (χ1n) is 9.15. The van der Waals surface area contributed by atoms with Gasteiger partial charge in [0.05, 0.1) is 11.3 Å². The molecule has 1 aliphatic carbocycles. The maximum atomic E-state index is 13.5. The van der Waals surface area contributed by atoms with Crippen molar-refractivity contribution in [1.29, 1.82) is 0 Å². The predicted octanol–water partition coefficient (Wildman–Crippen LogP) is 3.69. The number of likely N-dealkylation sites (tertiary alicyclic amines) is 1. The molecule has 2 aliphatic rings. The summed E-state index contributed by atoms with van der Waals surface area (Å²) in [6.45, 7) is 7.85. The fourth-order valence-corrected chi connectivity index (χ4v) is 3.51. The number of nitrogens with one attached hydrogen (secondary N) is 2. The van der Waals surface area contributed by atoms with Crippen molar-refractivity contribution in [2.24, 2.45) is 0 Å². The average molecular weight is 377 g/mol. The lowest BCUT2D eigenvalue weighted by Crippen LogP contribution is -2.46. The highest BCUT2D eigenvalue weighted by Gasteiger charge is 2.58. The summed E-state index contributed by atoms with van der Waals surface area (Å²) in [5.74, 6) is -2.85. The van der Waals surface area contributed by atoms with Crippen LogP contribution >= 0.6 is 0 Å². The molecule has 27 heavy (non-hydrogen) atoms. The second-order valence-electron chi connectivity index (χ2n) is 7.19. The number of piperidine rings is 1. The average Bonchev–Trinajstić information content (AvgIpc) is 3.06. The van der Waals surface area contributed by atoms with Gasteiger partial charge in [-0.25, -0.2) is 18.7 Å². The van der Waals surface area contributed by atoms with Crippen LogP contribution in [0.2, 0.25) is 0 Å². The van der Waals surface area contributed by atoms with Gasteiger partial charge in [0.1, 0.15) is 17.8 Å². The molecule has 8 heteroatoms. The first-order valence-corrected chi connectivity index (χ1v) is 9.15. The van der Waals surface area contributed by atoms with Crippen molar-refractivity contribution in [3.8, 4) is 0 Å². The first-order chi connectivity index (χ1) is 12.9. The number of nitrogens with zero attached hydrogens (tertiary/aromatic N) is 3. The van der Waals surface area contributed by atoms with Crippen molar-refractivity contribution in [2.75, 3.05) is 11.9 Å². The van der Waals surface area contributed by atoms with Crippen LogP contribution in [0.1, 0.15) is 44.6 Å². The van der Waals surface area contributed by atoms with Gasteiger partial charge in [-0.1, -0.05) is 6.08 Å². The molecule has 3 unspecified atom stereocenters. The number of carbonyl (C=O) groups is 1. The van der Waals surface area contributed by atoms with Gasteiger partial charge >= 0.3 is 0 Å². The lowest BCUT2D eigenvalue weighted by molar-refractivity contribution is -0.121. The van der Waals surface area contributed by atoms with E-state index in [0.29, 0.717) is 29.0 Å². The molecule has 146 valence electrons. The largest absolute Gasteiger partial charge is 0.365 e. The van der Waals surface area contributed by atoms with Crippen molar-refractivity contribution in [2.45, 2.75) is 57.0 Å². The van der Waals surface area contributed by atoms with Gasteiger partial charge in [-0.3, -0.25) is 4.79 Å². The molecule has 3 atom stereocenters. The third kappa shape index (κ3) is 3.94. The van der Waals surface area contributed by atoms with Gasteiger partial charge in [-0.15, -0.1) is 6.58 Å².